The van der Waals surface area contributed by atoms with Crippen molar-refractivity contribution in [3.05, 3.63) is 0 Å². The summed E-state index contributed by atoms with van der Waals surface area (Å²) in [6.45, 7) is 2.54. The van der Waals surface area contributed by atoms with Crippen molar-refractivity contribution in [1.29, 1.82) is 0 Å². The number of rotatable bonds is 5. The smallest absolute Gasteiger partial charge is 0.320 e. The second kappa shape index (κ2) is 6.96. The van der Waals surface area contributed by atoms with Gasteiger partial charge in [0.2, 0.25) is 5.91 Å². The van der Waals surface area contributed by atoms with Crippen LogP contribution >= 0.6 is 15.9 Å². The lowest BCUT2D eigenvalue weighted by molar-refractivity contribution is -0.140. The molecule has 0 aromatic carbocycles. The third-order valence-electron chi connectivity index (χ3n) is 2.79. The van der Waals surface area contributed by atoms with Crippen molar-refractivity contribution in [2.45, 2.75) is 17.7 Å². The molecule has 0 aliphatic carbocycles. The number of likely N-dealkylation sites (tertiary alicyclic amines) is 1. The minimum atomic E-state index is -0.385. The molecular weight excluding hydrogens is 288 g/mol. The van der Waals surface area contributed by atoms with E-state index in [4.69, 9.17) is 0 Å². The lowest BCUT2D eigenvalue weighted by Crippen LogP contribution is -2.40. The first kappa shape index (κ1) is 14.4. The number of carbonyl (C=O) groups is 2. The maximum atomic E-state index is 11.8. The lowest BCUT2D eigenvalue weighted by Gasteiger charge is -2.22. The molecule has 1 rings (SSSR count). The highest BCUT2D eigenvalue weighted by atomic mass is 79.9. The van der Waals surface area contributed by atoms with Crippen LogP contribution in [-0.2, 0) is 14.3 Å². The van der Waals surface area contributed by atoms with Gasteiger partial charge in [0, 0.05) is 19.6 Å². The topological polar surface area (TPSA) is 49.9 Å². The zero-order chi connectivity index (χ0) is 12.8. The van der Waals surface area contributed by atoms with Gasteiger partial charge in [0.1, 0.15) is 4.83 Å². The molecule has 0 spiro atoms. The Labute approximate surface area is 110 Å². The number of hydrogen-bond acceptors (Lipinski definition) is 4. The minimum Gasteiger partial charge on any atom is -0.468 e. The molecule has 17 heavy (non-hydrogen) atoms. The highest BCUT2D eigenvalue weighted by Crippen LogP contribution is 2.09. The fourth-order valence-corrected chi connectivity index (χ4v) is 2.52. The Balaban J connectivity index is 2.30. The molecule has 0 bridgehead atoms. The molecule has 0 N–H and O–H groups in total. The van der Waals surface area contributed by atoms with Crippen LogP contribution in [0.4, 0.5) is 0 Å². The highest BCUT2D eigenvalue weighted by Gasteiger charge is 2.22. The molecule has 5 nitrogen and oxygen atoms in total. The molecule has 0 aromatic heterocycles. The summed E-state index contributed by atoms with van der Waals surface area (Å²) >= 11 is 3.24. The molecule has 1 heterocycles. The van der Waals surface area contributed by atoms with E-state index in [9.17, 15) is 9.59 Å². The van der Waals surface area contributed by atoms with Crippen LogP contribution < -0.4 is 0 Å². The molecule has 1 amide bonds. The summed E-state index contributed by atoms with van der Waals surface area (Å²) in [7, 11) is 3.18. The average molecular weight is 307 g/mol. The first-order chi connectivity index (χ1) is 8.04. The largest absolute Gasteiger partial charge is 0.468 e. The predicted molar refractivity (Wildman–Crippen MR) is 68.0 cm³/mol. The lowest BCUT2D eigenvalue weighted by atomic mass is 10.3. The third-order valence-corrected chi connectivity index (χ3v) is 3.46. The fourth-order valence-electron chi connectivity index (χ4n) is 1.84. The SMILES string of the molecule is COC(=O)C(Br)CN(C)CC(=O)N1CCCC1. The molecule has 1 aliphatic heterocycles. The van der Waals surface area contributed by atoms with Crippen molar-refractivity contribution in [2.75, 3.05) is 40.3 Å². The number of esters is 1. The van der Waals surface area contributed by atoms with E-state index in [0.717, 1.165) is 25.9 Å². The second-order valence-electron chi connectivity index (χ2n) is 4.28. The Kier molecular flexibility index (Phi) is 5.91. The normalized spacial score (nSPS) is 17.3. The third kappa shape index (κ3) is 4.63. The molecule has 98 valence electrons. The number of carbonyl (C=O) groups excluding carboxylic acids is 2. The van der Waals surface area contributed by atoms with E-state index >= 15 is 0 Å². The van der Waals surface area contributed by atoms with Crippen molar-refractivity contribution in [2.24, 2.45) is 0 Å². The highest BCUT2D eigenvalue weighted by molar-refractivity contribution is 9.10. The van der Waals surface area contributed by atoms with Crippen LogP contribution in [0, 0.1) is 0 Å². The zero-order valence-corrected chi connectivity index (χ0v) is 11.9. The number of halogens is 1. The van der Waals surface area contributed by atoms with Gasteiger partial charge in [-0.25, -0.2) is 0 Å². The quantitative estimate of drug-likeness (QED) is 0.547. The average Bonchev–Trinajstić information content (AvgIpc) is 2.80. The van der Waals surface area contributed by atoms with E-state index in [1.807, 2.05) is 16.8 Å². The van der Waals surface area contributed by atoms with Crippen LogP contribution in [0.1, 0.15) is 12.8 Å². The summed E-state index contributed by atoms with van der Waals surface area (Å²) in [5.74, 6) is -0.181. The summed E-state index contributed by atoms with van der Waals surface area (Å²) in [6, 6.07) is 0. The van der Waals surface area contributed by atoms with Crippen LogP contribution in [-0.4, -0.2) is 66.8 Å². The standard InChI is InChI=1S/C11H19BrN2O3/c1-13(7-9(12)11(16)17-2)8-10(15)14-5-3-4-6-14/h9H,3-8H2,1-2H3. The van der Waals surface area contributed by atoms with Crippen LogP contribution in [0.3, 0.4) is 0 Å². The first-order valence-corrected chi connectivity index (χ1v) is 6.64. The summed E-state index contributed by atoms with van der Waals surface area (Å²) < 4.78 is 4.61. The molecule has 0 radical (unpaired) electrons. The fraction of sp³-hybridized carbons (Fsp3) is 0.818. The zero-order valence-electron chi connectivity index (χ0n) is 10.3. The Morgan fingerprint density at radius 1 is 1.41 bits per heavy atom. The number of amides is 1. The van der Waals surface area contributed by atoms with Gasteiger partial charge in [-0.1, -0.05) is 15.9 Å². The summed E-state index contributed by atoms with van der Waals surface area (Å²) in [6.07, 6.45) is 2.19. The van der Waals surface area contributed by atoms with Gasteiger partial charge >= 0.3 is 5.97 Å². The summed E-state index contributed by atoms with van der Waals surface area (Å²) in [5.41, 5.74) is 0. The second-order valence-corrected chi connectivity index (χ2v) is 5.38. The molecule has 0 aromatic rings. The molecule has 1 aliphatic rings. The molecule has 1 unspecified atom stereocenters. The van der Waals surface area contributed by atoms with E-state index < -0.39 is 0 Å². The van der Waals surface area contributed by atoms with E-state index in [2.05, 4.69) is 20.7 Å². The molecule has 1 fully saturated rings. The Morgan fingerprint density at radius 3 is 2.53 bits per heavy atom. The van der Waals surface area contributed by atoms with Crippen molar-refractivity contribution < 1.29 is 14.3 Å². The Morgan fingerprint density at radius 2 is 2.00 bits per heavy atom. The van der Waals surface area contributed by atoms with Crippen LogP contribution in [0.5, 0.6) is 0 Å². The number of methoxy groups -OCH3 is 1. The van der Waals surface area contributed by atoms with Crippen LogP contribution in [0.15, 0.2) is 0 Å². The van der Waals surface area contributed by atoms with Crippen LogP contribution in [0.25, 0.3) is 0 Å². The van der Waals surface area contributed by atoms with Crippen molar-refractivity contribution in [3.63, 3.8) is 0 Å². The predicted octanol–water partition coefficient (Wildman–Crippen LogP) is 0.477. The van der Waals surface area contributed by atoms with E-state index in [1.54, 1.807) is 0 Å². The monoisotopic (exact) mass is 306 g/mol. The molecule has 6 heteroatoms. The number of hydrogen-bond donors (Lipinski definition) is 0. The Hall–Kier alpha value is -0.620. The minimum absolute atomic E-state index is 0.134. The number of alkyl halides is 1. The van der Waals surface area contributed by atoms with E-state index in [-0.39, 0.29) is 16.7 Å². The van der Waals surface area contributed by atoms with Crippen LogP contribution in [0.2, 0.25) is 0 Å². The number of ether oxygens (including phenoxy) is 1. The molecule has 0 saturated carbocycles. The first-order valence-electron chi connectivity index (χ1n) is 5.73. The van der Waals surface area contributed by atoms with Gasteiger partial charge in [-0.05, 0) is 19.9 Å². The van der Waals surface area contributed by atoms with Gasteiger partial charge in [-0.15, -0.1) is 0 Å². The van der Waals surface area contributed by atoms with E-state index in [1.165, 1.54) is 7.11 Å². The molecule has 1 atom stereocenters. The maximum absolute atomic E-state index is 11.8. The van der Waals surface area contributed by atoms with Gasteiger partial charge in [0.05, 0.1) is 13.7 Å². The van der Waals surface area contributed by atoms with Gasteiger partial charge in [0.15, 0.2) is 0 Å². The Bertz CT molecular complexity index is 280. The van der Waals surface area contributed by atoms with Gasteiger partial charge in [-0.3, -0.25) is 14.5 Å². The van der Waals surface area contributed by atoms with Crippen molar-refractivity contribution >= 4 is 27.8 Å². The van der Waals surface area contributed by atoms with E-state index in [0.29, 0.717) is 13.1 Å². The summed E-state index contributed by atoms with van der Waals surface area (Å²) in [4.78, 5) is 26.3. The van der Waals surface area contributed by atoms with Gasteiger partial charge < -0.3 is 9.64 Å². The van der Waals surface area contributed by atoms with Crippen molar-refractivity contribution in [1.82, 2.24) is 9.80 Å². The maximum Gasteiger partial charge on any atom is 0.320 e. The van der Waals surface area contributed by atoms with Gasteiger partial charge in [-0.2, -0.15) is 0 Å². The van der Waals surface area contributed by atoms with Gasteiger partial charge in [0.25, 0.3) is 0 Å². The number of likely N-dealkylation sites (N-methyl/N-ethyl adjacent to an activating group) is 1. The van der Waals surface area contributed by atoms with Crippen molar-refractivity contribution in [3.8, 4) is 0 Å². The molecule has 1 saturated heterocycles. The molecular formula is C11H19BrN2O3. The summed E-state index contributed by atoms with van der Waals surface area (Å²) in [5, 5.41) is 0. The number of nitrogens with zero attached hydrogens (tertiary/aromatic N) is 2.